The molecular formula is C16H23NO2. The molecule has 1 aromatic carbocycles. The Morgan fingerprint density at radius 3 is 2.21 bits per heavy atom. The van der Waals surface area contributed by atoms with Crippen molar-refractivity contribution in [2.45, 2.75) is 45.8 Å². The smallest absolute Gasteiger partial charge is 0.150 e. The van der Waals surface area contributed by atoms with Crippen LogP contribution in [0.1, 0.15) is 43.6 Å². The number of morpholine rings is 1. The zero-order valence-corrected chi connectivity index (χ0v) is 12.5. The molecule has 1 aromatic rings. The van der Waals surface area contributed by atoms with Crippen LogP contribution in [0.15, 0.2) is 18.2 Å². The predicted octanol–water partition coefficient (Wildman–Crippen LogP) is 3.20. The van der Waals surface area contributed by atoms with Gasteiger partial charge < -0.3 is 9.64 Å². The Bertz CT molecular complexity index is 476. The standard InChI is InChI=1S/C16H23NO2/c1-12-8-14(7-6-13(12)9-18)17-10-15(2,3)19-16(4,5)11-17/h6-9H,10-11H2,1-5H3. The Hall–Kier alpha value is -1.35. The maximum atomic E-state index is 10.9. The van der Waals surface area contributed by atoms with Crippen molar-refractivity contribution in [1.29, 1.82) is 0 Å². The molecule has 104 valence electrons. The summed E-state index contributed by atoms with van der Waals surface area (Å²) in [5, 5.41) is 0. The van der Waals surface area contributed by atoms with E-state index in [0.717, 1.165) is 36.2 Å². The van der Waals surface area contributed by atoms with Crippen LogP contribution in [0.4, 0.5) is 5.69 Å². The van der Waals surface area contributed by atoms with Crippen LogP contribution >= 0.6 is 0 Å². The highest BCUT2D eigenvalue weighted by molar-refractivity contribution is 5.78. The number of aryl methyl sites for hydroxylation is 1. The fourth-order valence-electron chi connectivity index (χ4n) is 2.96. The highest BCUT2D eigenvalue weighted by Crippen LogP contribution is 2.31. The summed E-state index contributed by atoms with van der Waals surface area (Å²) >= 11 is 0. The lowest BCUT2D eigenvalue weighted by molar-refractivity contribution is -0.133. The molecule has 0 spiro atoms. The van der Waals surface area contributed by atoms with E-state index in [4.69, 9.17) is 4.74 Å². The number of hydrogen-bond acceptors (Lipinski definition) is 3. The van der Waals surface area contributed by atoms with Gasteiger partial charge >= 0.3 is 0 Å². The summed E-state index contributed by atoms with van der Waals surface area (Å²) in [6.45, 7) is 12.2. The summed E-state index contributed by atoms with van der Waals surface area (Å²) < 4.78 is 6.09. The lowest BCUT2D eigenvalue weighted by Crippen LogP contribution is -2.57. The summed E-state index contributed by atoms with van der Waals surface area (Å²) in [5.41, 5.74) is 2.61. The van der Waals surface area contributed by atoms with E-state index in [1.165, 1.54) is 0 Å². The second kappa shape index (κ2) is 4.64. The topological polar surface area (TPSA) is 29.5 Å². The molecule has 1 aliphatic rings. The van der Waals surface area contributed by atoms with Gasteiger partial charge in [0.15, 0.2) is 0 Å². The van der Waals surface area contributed by atoms with E-state index in [1.54, 1.807) is 0 Å². The second-order valence-electron chi connectivity index (χ2n) is 6.64. The second-order valence-corrected chi connectivity index (χ2v) is 6.64. The molecule has 0 atom stereocenters. The average molecular weight is 261 g/mol. The maximum Gasteiger partial charge on any atom is 0.150 e. The van der Waals surface area contributed by atoms with E-state index in [2.05, 4.69) is 38.7 Å². The van der Waals surface area contributed by atoms with Gasteiger partial charge in [-0.3, -0.25) is 4.79 Å². The highest BCUT2D eigenvalue weighted by atomic mass is 16.5. The zero-order valence-electron chi connectivity index (χ0n) is 12.5. The van der Waals surface area contributed by atoms with Crippen LogP contribution < -0.4 is 4.90 Å². The van der Waals surface area contributed by atoms with E-state index in [9.17, 15) is 4.79 Å². The van der Waals surface area contributed by atoms with Gasteiger partial charge in [-0.05, 0) is 58.4 Å². The van der Waals surface area contributed by atoms with Crippen molar-refractivity contribution in [2.24, 2.45) is 0 Å². The number of benzene rings is 1. The van der Waals surface area contributed by atoms with Gasteiger partial charge in [0.05, 0.1) is 11.2 Å². The Balaban J connectivity index is 2.31. The minimum absolute atomic E-state index is 0.168. The third kappa shape index (κ3) is 3.16. The van der Waals surface area contributed by atoms with Gasteiger partial charge in [-0.2, -0.15) is 0 Å². The fraction of sp³-hybridized carbons (Fsp3) is 0.562. The number of carbonyl (C=O) groups is 1. The number of rotatable bonds is 2. The van der Waals surface area contributed by atoms with E-state index in [-0.39, 0.29) is 11.2 Å². The molecule has 0 radical (unpaired) electrons. The number of carbonyl (C=O) groups excluding carboxylic acids is 1. The minimum atomic E-state index is -0.168. The molecule has 1 saturated heterocycles. The molecule has 0 unspecified atom stereocenters. The van der Waals surface area contributed by atoms with E-state index in [0.29, 0.717) is 0 Å². The van der Waals surface area contributed by atoms with Crippen LogP contribution in [0.5, 0.6) is 0 Å². The van der Waals surface area contributed by atoms with Crippen molar-refractivity contribution < 1.29 is 9.53 Å². The normalized spacial score (nSPS) is 21.2. The maximum absolute atomic E-state index is 10.9. The molecule has 2 rings (SSSR count). The van der Waals surface area contributed by atoms with Crippen molar-refractivity contribution in [3.63, 3.8) is 0 Å². The Kier molecular flexibility index (Phi) is 3.43. The van der Waals surface area contributed by atoms with Crippen molar-refractivity contribution in [3.05, 3.63) is 29.3 Å². The summed E-state index contributed by atoms with van der Waals surface area (Å²) in [7, 11) is 0. The SMILES string of the molecule is Cc1cc(N2CC(C)(C)OC(C)(C)C2)ccc1C=O. The summed E-state index contributed by atoms with van der Waals surface area (Å²) in [6.07, 6.45) is 0.909. The lowest BCUT2D eigenvalue weighted by Gasteiger charge is -2.48. The Morgan fingerprint density at radius 2 is 1.74 bits per heavy atom. The number of nitrogens with zero attached hydrogens (tertiary/aromatic N) is 1. The molecule has 0 saturated carbocycles. The monoisotopic (exact) mass is 261 g/mol. The van der Waals surface area contributed by atoms with Crippen LogP contribution in [-0.4, -0.2) is 30.6 Å². The van der Waals surface area contributed by atoms with E-state index in [1.807, 2.05) is 19.1 Å². The molecule has 3 heteroatoms. The zero-order chi connectivity index (χ0) is 14.3. The fourth-order valence-corrected chi connectivity index (χ4v) is 2.96. The van der Waals surface area contributed by atoms with Gasteiger partial charge in [-0.1, -0.05) is 0 Å². The predicted molar refractivity (Wildman–Crippen MR) is 78.0 cm³/mol. The molecule has 0 aliphatic carbocycles. The van der Waals surface area contributed by atoms with Crippen molar-refractivity contribution >= 4 is 12.0 Å². The quantitative estimate of drug-likeness (QED) is 0.766. The molecule has 0 bridgehead atoms. The van der Waals surface area contributed by atoms with Crippen molar-refractivity contribution in [1.82, 2.24) is 0 Å². The number of ether oxygens (including phenoxy) is 1. The number of anilines is 1. The first-order valence-corrected chi connectivity index (χ1v) is 6.73. The van der Waals surface area contributed by atoms with Gasteiger partial charge in [0.2, 0.25) is 0 Å². The summed E-state index contributed by atoms with van der Waals surface area (Å²) in [4.78, 5) is 13.2. The van der Waals surface area contributed by atoms with Gasteiger partial charge in [-0.25, -0.2) is 0 Å². The number of aldehydes is 1. The number of hydrogen-bond donors (Lipinski definition) is 0. The molecule has 1 aliphatic heterocycles. The van der Waals surface area contributed by atoms with Crippen LogP contribution in [-0.2, 0) is 4.74 Å². The van der Waals surface area contributed by atoms with Gasteiger partial charge in [-0.15, -0.1) is 0 Å². The first kappa shape index (κ1) is 14.1. The molecule has 19 heavy (non-hydrogen) atoms. The molecule has 1 fully saturated rings. The van der Waals surface area contributed by atoms with E-state index < -0.39 is 0 Å². The van der Waals surface area contributed by atoms with Crippen molar-refractivity contribution in [3.8, 4) is 0 Å². The van der Waals surface area contributed by atoms with Crippen molar-refractivity contribution in [2.75, 3.05) is 18.0 Å². The third-order valence-electron chi connectivity index (χ3n) is 3.44. The van der Waals surface area contributed by atoms with Crippen LogP contribution in [0, 0.1) is 6.92 Å². The summed E-state index contributed by atoms with van der Waals surface area (Å²) in [6, 6.07) is 6.00. The lowest BCUT2D eigenvalue weighted by atomic mass is 9.97. The molecule has 0 aromatic heterocycles. The molecule has 0 amide bonds. The van der Waals surface area contributed by atoms with Crippen LogP contribution in [0.3, 0.4) is 0 Å². The van der Waals surface area contributed by atoms with Crippen LogP contribution in [0.25, 0.3) is 0 Å². The minimum Gasteiger partial charge on any atom is -0.366 e. The van der Waals surface area contributed by atoms with Gasteiger partial charge in [0, 0.05) is 24.3 Å². The van der Waals surface area contributed by atoms with E-state index >= 15 is 0 Å². The molecular weight excluding hydrogens is 238 g/mol. The van der Waals surface area contributed by atoms with Gasteiger partial charge in [0.25, 0.3) is 0 Å². The molecule has 1 heterocycles. The highest BCUT2D eigenvalue weighted by Gasteiger charge is 2.38. The third-order valence-corrected chi connectivity index (χ3v) is 3.44. The molecule has 3 nitrogen and oxygen atoms in total. The largest absolute Gasteiger partial charge is 0.366 e. The first-order valence-electron chi connectivity index (χ1n) is 6.73. The Labute approximate surface area is 115 Å². The van der Waals surface area contributed by atoms with Gasteiger partial charge in [0.1, 0.15) is 6.29 Å². The molecule has 0 N–H and O–H groups in total. The Morgan fingerprint density at radius 1 is 1.16 bits per heavy atom. The first-order chi connectivity index (χ1) is 8.72. The average Bonchev–Trinajstić information content (AvgIpc) is 2.24. The van der Waals surface area contributed by atoms with Crippen LogP contribution in [0.2, 0.25) is 0 Å². The summed E-state index contributed by atoms with van der Waals surface area (Å²) in [5.74, 6) is 0.